The molecule has 0 spiro atoms. The first-order valence-corrected chi connectivity index (χ1v) is 8.49. The molecule has 0 saturated carbocycles. The second-order valence-electron chi connectivity index (χ2n) is 5.12. The van der Waals surface area contributed by atoms with Gasteiger partial charge in [-0.05, 0) is 39.8 Å². The molecule has 0 amide bonds. The van der Waals surface area contributed by atoms with Crippen LogP contribution in [0.2, 0.25) is 10.0 Å². The van der Waals surface area contributed by atoms with Crippen molar-refractivity contribution < 1.29 is 14.3 Å². The Labute approximate surface area is 151 Å². The lowest BCUT2D eigenvalue weighted by molar-refractivity contribution is 0.0195. The maximum Gasteiger partial charge on any atom is 0.356 e. The number of carbonyl (C=O) groups is 1. The van der Waals surface area contributed by atoms with E-state index < -0.39 is 12.2 Å². The lowest BCUT2D eigenvalue weighted by Crippen LogP contribution is -2.19. The van der Waals surface area contributed by atoms with Gasteiger partial charge in [0.25, 0.3) is 0 Å². The molecule has 0 N–H and O–H groups in total. The van der Waals surface area contributed by atoms with E-state index in [0.29, 0.717) is 39.4 Å². The summed E-state index contributed by atoms with van der Waals surface area (Å²) in [7, 11) is 0. The fourth-order valence-corrected chi connectivity index (χ4v) is 2.91. The van der Waals surface area contributed by atoms with Crippen LogP contribution in [0.1, 0.15) is 43.2 Å². The smallest absolute Gasteiger partial charge is 0.356 e. The summed E-state index contributed by atoms with van der Waals surface area (Å²) in [5, 5.41) is 0.799. The summed E-state index contributed by atoms with van der Waals surface area (Å²) in [6, 6.07) is 5.29. The van der Waals surface area contributed by atoms with Gasteiger partial charge in [0.1, 0.15) is 12.1 Å². The average Bonchev–Trinajstić information content (AvgIpc) is 2.88. The first kappa shape index (κ1) is 18.8. The van der Waals surface area contributed by atoms with Crippen molar-refractivity contribution in [1.29, 1.82) is 0 Å². The zero-order valence-corrected chi connectivity index (χ0v) is 15.6. The molecule has 1 heterocycles. The summed E-state index contributed by atoms with van der Waals surface area (Å²) in [6.45, 7) is 8.01. The topological polar surface area (TPSA) is 53.3 Å². The van der Waals surface area contributed by atoms with Crippen LogP contribution in [-0.4, -0.2) is 28.7 Å². The molecule has 2 rings (SSSR count). The summed E-state index contributed by atoms with van der Waals surface area (Å²) in [5.41, 5.74) is 1.53. The van der Waals surface area contributed by atoms with Crippen LogP contribution >= 0.6 is 23.2 Å². The molecule has 0 aliphatic heterocycles. The van der Waals surface area contributed by atoms with Crippen molar-refractivity contribution in [2.45, 2.75) is 33.9 Å². The Morgan fingerprint density at radius 3 is 2.62 bits per heavy atom. The van der Waals surface area contributed by atoms with Crippen molar-refractivity contribution in [1.82, 2.24) is 9.55 Å². The van der Waals surface area contributed by atoms with Gasteiger partial charge < -0.3 is 9.47 Å². The number of benzene rings is 1. The lowest BCUT2D eigenvalue weighted by atomic mass is 10.2. The van der Waals surface area contributed by atoms with E-state index in [2.05, 4.69) is 4.98 Å². The van der Waals surface area contributed by atoms with E-state index in [1.165, 1.54) is 0 Å². The van der Waals surface area contributed by atoms with Gasteiger partial charge in [-0.2, -0.15) is 0 Å². The summed E-state index contributed by atoms with van der Waals surface area (Å²) < 4.78 is 12.6. The molecule has 7 heteroatoms. The highest BCUT2D eigenvalue weighted by molar-refractivity contribution is 6.43. The predicted molar refractivity (Wildman–Crippen MR) is 94.7 cm³/mol. The molecule has 1 unspecified atom stereocenters. The number of hydrogen-bond donors (Lipinski definition) is 0. The Bertz CT molecular complexity index is 744. The zero-order valence-electron chi connectivity index (χ0n) is 14.1. The molecule has 130 valence electrons. The van der Waals surface area contributed by atoms with Gasteiger partial charge >= 0.3 is 5.97 Å². The number of rotatable bonds is 6. The molecule has 24 heavy (non-hydrogen) atoms. The minimum absolute atomic E-state index is 0.278. The van der Waals surface area contributed by atoms with E-state index in [1.807, 2.05) is 13.8 Å². The minimum Gasteiger partial charge on any atom is -0.461 e. The molecule has 2 aromatic rings. The van der Waals surface area contributed by atoms with Crippen LogP contribution in [0.4, 0.5) is 0 Å². The zero-order chi connectivity index (χ0) is 17.9. The molecule has 0 bridgehead atoms. The van der Waals surface area contributed by atoms with E-state index in [-0.39, 0.29) is 6.61 Å². The van der Waals surface area contributed by atoms with Crippen molar-refractivity contribution >= 4 is 29.2 Å². The van der Waals surface area contributed by atoms with Crippen molar-refractivity contribution in [3.63, 3.8) is 0 Å². The summed E-state index contributed by atoms with van der Waals surface area (Å²) in [5.74, 6) is 0.0717. The SMILES string of the molecule is CCOC(=O)c1c(C)nc(-c2cccc(Cl)c2Cl)n1C(C)OCC. The van der Waals surface area contributed by atoms with Crippen LogP contribution in [-0.2, 0) is 9.47 Å². The third-order valence-electron chi connectivity index (χ3n) is 3.52. The van der Waals surface area contributed by atoms with Crippen molar-refractivity contribution in [3.8, 4) is 11.4 Å². The van der Waals surface area contributed by atoms with E-state index in [9.17, 15) is 4.79 Å². The third kappa shape index (κ3) is 3.58. The van der Waals surface area contributed by atoms with Gasteiger partial charge in [-0.3, -0.25) is 4.57 Å². The molecule has 0 fully saturated rings. The third-order valence-corrected chi connectivity index (χ3v) is 4.34. The van der Waals surface area contributed by atoms with Gasteiger partial charge in [0, 0.05) is 12.2 Å². The van der Waals surface area contributed by atoms with Crippen LogP contribution in [0.25, 0.3) is 11.4 Å². The standard InChI is InChI=1S/C17H20Cl2N2O3/c1-5-23-11(4)21-15(17(22)24-6-2)10(3)20-16(21)12-8-7-9-13(18)14(12)19/h7-9,11H,5-6H2,1-4H3. The van der Waals surface area contributed by atoms with Crippen molar-refractivity contribution in [2.24, 2.45) is 0 Å². The van der Waals surface area contributed by atoms with Crippen LogP contribution in [0, 0.1) is 6.92 Å². The van der Waals surface area contributed by atoms with Gasteiger partial charge in [0.15, 0.2) is 5.69 Å². The minimum atomic E-state index is -0.446. The highest BCUT2D eigenvalue weighted by Gasteiger charge is 2.27. The number of aromatic nitrogens is 2. The fourth-order valence-electron chi connectivity index (χ4n) is 2.53. The molecule has 0 saturated heterocycles. The van der Waals surface area contributed by atoms with Gasteiger partial charge in [-0.25, -0.2) is 9.78 Å². The van der Waals surface area contributed by atoms with Crippen molar-refractivity contribution in [3.05, 3.63) is 39.6 Å². The molecule has 1 atom stereocenters. The van der Waals surface area contributed by atoms with Gasteiger partial charge in [0.05, 0.1) is 22.3 Å². The number of ether oxygens (including phenoxy) is 2. The predicted octanol–water partition coefficient (Wildman–Crippen LogP) is 4.90. The van der Waals surface area contributed by atoms with Crippen LogP contribution in [0.5, 0.6) is 0 Å². The largest absolute Gasteiger partial charge is 0.461 e. The van der Waals surface area contributed by atoms with Crippen LogP contribution < -0.4 is 0 Å². The Morgan fingerprint density at radius 1 is 1.29 bits per heavy atom. The van der Waals surface area contributed by atoms with Crippen LogP contribution in [0.15, 0.2) is 18.2 Å². The van der Waals surface area contributed by atoms with Gasteiger partial charge in [0.2, 0.25) is 0 Å². The van der Waals surface area contributed by atoms with E-state index >= 15 is 0 Å². The molecule has 1 aromatic heterocycles. The molecule has 1 aromatic carbocycles. The summed E-state index contributed by atoms with van der Waals surface area (Å²) >= 11 is 12.5. The van der Waals surface area contributed by atoms with Gasteiger partial charge in [-0.15, -0.1) is 0 Å². The van der Waals surface area contributed by atoms with Gasteiger partial charge in [-0.1, -0.05) is 29.3 Å². The molecule has 0 aliphatic rings. The highest BCUT2D eigenvalue weighted by atomic mass is 35.5. The first-order valence-electron chi connectivity index (χ1n) is 7.74. The fraction of sp³-hybridized carbons (Fsp3) is 0.412. The van der Waals surface area contributed by atoms with Crippen LogP contribution in [0.3, 0.4) is 0 Å². The average molecular weight is 371 g/mol. The second-order valence-corrected chi connectivity index (χ2v) is 5.90. The Morgan fingerprint density at radius 2 is 2.00 bits per heavy atom. The van der Waals surface area contributed by atoms with E-state index in [0.717, 1.165) is 0 Å². The van der Waals surface area contributed by atoms with Crippen molar-refractivity contribution in [2.75, 3.05) is 13.2 Å². The number of nitrogens with zero attached hydrogens (tertiary/aromatic N) is 2. The number of halogens is 2. The quantitative estimate of drug-likeness (QED) is 0.678. The number of carbonyl (C=O) groups excluding carboxylic acids is 1. The monoisotopic (exact) mass is 370 g/mol. The second kappa shape index (κ2) is 8.01. The molecule has 0 aliphatic carbocycles. The Hall–Kier alpha value is -1.56. The maximum atomic E-state index is 12.4. The molecule has 5 nitrogen and oxygen atoms in total. The summed E-state index contributed by atoms with van der Waals surface area (Å²) in [4.78, 5) is 16.9. The number of imidazole rings is 1. The first-order chi connectivity index (χ1) is 11.4. The normalized spacial score (nSPS) is 12.2. The number of aryl methyl sites for hydroxylation is 1. The molecular formula is C17H20Cl2N2O3. The Balaban J connectivity index is 2.69. The van der Waals surface area contributed by atoms with E-state index in [4.69, 9.17) is 32.7 Å². The van der Waals surface area contributed by atoms with E-state index in [1.54, 1.807) is 36.6 Å². The maximum absolute atomic E-state index is 12.4. The lowest BCUT2D eigenvalue weighted by Gasteiger charge is -2.19. The highest BCUT2D eigenvalue weighted by Crippen LogP contribution is 2.35. The number of hydrogen-bond acceptors (Lipinski definition) is 4. The molecule has 0 radical (unpaired) electrons. The Kier molecular flexibility index (Phi) is 6.27. The summed E-state index contributed by atoms with van der Waals surface area (Å²) in [6.07, 6.45) is -0.416. The number of esters is 1. The molecular weight excluding hydrogens is 351 g/mol.